The van der Waals surface area contributed by atoms with Crippen LogP contribution in [0.3, 0.4) is 0 Å². The average molecular weight is 129 g/mol. The zero-order chi connectivity index (χ0) is 6.85. The van der Waals surface area contributed by atoms with Crippen LogP contribution in [0.1, 0.15) is 6.42 Å². The second-order valence-electron chi connectivity index (χ2n) is 2.36. The molecule has 5 N–H and O–H groups in total. The van der Waals surface area contributed by atoms with E-state index in [9.17, 15) is 4.79 Å². The van der Waals surface area contributed by atoms with Gasteiger partial charge < -0.3 is 16.8 Å². The van der Waals surface area contributed by atoms with Crippen molar-refractivity contribution in [1.82, 2.24) is 5.32 Å². The number of nitrogens with one attached hydrogen (secondary N) is 1. The molecule has 0 aromatic rings. The van der Waals surface area contributed by atoms with Gasteiger partial charge >= 0.3 is 0 Å². The van der Waals surface area contributed by atoms with E-state index in [-0.39, 0.29) is 18.0 Å². The Kier molecular flexibility index (Phi) is 1.68. The predicted octanol–water partition coefficient (Wildman–Crippen LogP) is -1.84. The molecule has 0 radical (unpaired) electrons. The second-order valence-corrected chi connectivity index (χ2v) is 2.36. The first kappa shape index (κ1) is 6.51. The van der Waals surface area contributed by atoms with Crippen molar-refractivity contribution in [3.8, 4) is 0 Å². The number of carbonyl (C=O) groups is 1. The third kappa shape index (κ3) is 1.40. The van der Waals surface area contributed by atoms with E-state index in [0.717, 1.165) is 0 Å². The zero-order valence-corrected chi connectivity index (χ0v) is 5.13. The minimum absolute atomic E-state index is 0.0995. The molecule has 1 heterocycles. The molecule has 1 amide bonds. The van der Waals surface area contributed by atoms with Crippen molar-refractivity contribution in [2.75, 3.05) is 6.54 Å². The highest BCUT2D eigenvalue weighted by molar-refractivity contribution is 5.80. The first-order chi connectivity index (χ1) is 4.20. The summed E-state index contributed by atoms with van der Waals surface area (Å²) in [6.07, 6.45) is 0.676. The number of rotatable bonds is 1. The van der Waals surface area contributed by atoms with E-state index in [1.807, 2.05) is 0 Å². The fraction of sp³-hybridized carbons (Fsp3) is 0.800. The molecule has 0 bridgehead atoms. The molecule has 0 spiro atoms. The molecule has 1 saturated heterocycles. The second kappa shape index (κ2) is 2.33. The maximum Gasteiger partial charge on any atom is 0.234 e. The highest BCUT2D eigenvalue weighted by Gasteiger charge is 2.24. The Bertz CT molecular complexity index is 125. The van der Waals surface area contributed by atoms with Gasteiger partial charge in [0, 0.05) is 12.6 Å². The van der Waals surface area contributed by atoms with Gasteiger partial charge in [0.1, 0.15) is 0 Å². The van der Waals surface area contributed by atoms with Gasteiger partial charge in [-0.25, -0.2) is 0 Å². The normalized spacial score (nSPS) is 34.8. The third-order valence-corrected chi connectivity index (χ3v) is 1.51. The molecular weight excluding hydrogens is 118 g/mol. The lowest BCUT2D eigenvalue weighted by molar-refractivity contribution is -0.119. The van der Waals surface area contributed by atoms with Gasteiger partial charge in [-0.2, -0.15) is 0 Å². The molecule has 1 aliphatic heterocycles. The van der Waals surface area contributed by atoms with Gasteiger partial charge in [-0.3, -0.25) is 4.79 Å². The van der Waals surface area contributed by atoms with Crippen molar-refractivity contribution in [1.29, 1.82) is 0 Å². The number of nitrogens with two attached hydrogens (primary N) is 2. The molecule has 2 atom stereocenters. The Hall–Kier alpha value is -0.610. The molecule has 4 heteroatoms. The molecule has 1 rings (SSSR count). The van der Waals surface area contributed by atoms with Crippen LogP contribution in [0.5, 0.6) is 0 Å². The van der Waals surface area contributed by atoms with Crippen LogP contribution in [0.2, 0.25) is 0 Å². The predicted molar refractivity (Wildman–Crippen MR) is 33.6 cm³/mol. The van der Waals surface area contributed by atoms with E-state index in [1.54, 1.807) is 0 Å². The molecule has 1 aliphatic rings. The van der Waals surface area contributed by atoms with Gasteiger partial charge in [-0.15, -0.1) is 0 Å². The largest absolute Gasteiger partial charge is 0.368 e. The summed E-state index contributed by atoms with van der Waals surface area (Å²) in [6.45, 7) is 0.702. The molecule has 0 aromatic carbocycles. The summed E-state index contributed by atoms with van der Waals surface area (Å²) in [5.41, 5.74) is 10.5. The first-order valence-electron chi connectivity index (χ1n) is 2.98. The smallest absolute Gasteiger partial charge is 0.234 e. The van der Waals surface area contributed by atoms with E-state index >= 15 is 0 Å². The summed E-state index contributed by atoms with van der Waals surface area (Å²) in [6, 6.07) is -0.0949. The quantitative estimate of drug-likeness (QED) is 0.389. The zero-order valence-electron chi connectivity index (χ0n) is 5.13. The van der Waals surface area contributed by atoms with E-state index < -0.39 is 0 Å². The molecule has 0 aromatic heterocycles. The summed E-state index contributed by atoms with van der Waals surface area (Å²) in [5.74, 6) is -0.303. The highest BCUT2D eigenvalue weighted by atomic mass is 16.1. The Morgan fingerprint density at radius 1 is 1.67 bits per heavy atom. The van der Waals surface area contributed by atoms with Crippen molar-refractivity contribution in [2.45, 2.75) is 18.5 Å². The third-order valence-electron chi connectivity index (χ3n) is 1.51. The topological polar surface area (TPSA) is 81.1 Å². The maximum absolute atomic E-state index is 10.5. The fourth-order valence-electron chi connectivity index (χ4n) is 0.980. The molecule has 9 heavy (non-hydrogen) atoms. The van der Waals surface area contributed by atoms with Crippen LogP contribution in [-0.2, 0) is 4.79 Å². The molecule has 52 valence electrons. The minimum Gasteiger partial charge on any atom is -0.368 e. The maximum atomic E-state index is 10.5. The summed E-state index contributed by atoms with van der Waals surface area (Å²) in [4.78, 5) is 10.5. The van der Waals surface area contributed by atoms with E-state index in [2.05, 4.69) is 5.32 Å². The van der Waals surface area contributed by atoms with Crippen LogP contribution in [0.4, 0.5) is 0 Å². The Morgan fingerprint density at radius 3 is 2.56 bits per heavy atom. The number of hydrogen-bond acceptors (Lipinski definition) is 3. The van der Waals surface area contributed by atoms with Gasteiger partial charge in [0.15, 0.2) is 0 Å². The average Bonchev–Trinajstić information content (AvgIpc) is 2.14. The Labute approximate surface area is 53.6 Å². The molecule has 0 aliphatic carbocycles. The SMILES string of the molecule is NC(=O)[C@@H]1CC(N)CN1. The van der Waals surface area contributed by atoms with Gasteiger partial charge in [-0.1, -0.05) is 0 Å². The van der Waals surface area contributed by atoms with E-state index in [1.165, 1.54) is 0 Å². The molecular formula is C5H11N3O. The van der Waals surface area contributed by atoms with Crippen LogP contribution in [0.25, 0.3) is 0 Å². The van der Waals surface area contributed by atoms with Crippen LogP contribution in [0, 0.1) is 0 Å². The molecule has 1 fully saturated rings. The lowest BCUT2D eigenvalue weighted by Gasteiger charge is -2.01. The summed E-state index contributed by atoms with van der Waals surface area (Å²) in [7, 11) is 0. The van der Waals surface area contributed by atoms with Crippen LogP contribution in [-0.4, -0.2) is 24.5 Å². The number of primary amides is 1. The number of amides is 1. The molecule has 1 unspecified atom stereocenters. The van der Waals surface area contributed by atoms with Gasteiger partial charge in [-0.05, 0) is 6.42 Å². The number of carbonyl (C=O) groups excluding carboxylic acids is 1. The van der Waals surface area contributed by atoms with E-state index in [0.29, 0.717) is 13.0 Å². The van der Waals surface area contributed by atoms with Crippen LogP contribution in [0.15, 0.2) is 0 Å². The fourth-order valence-corrected chi connectivity index (χ4v) is 0.980. The van der Waals surface area contributed by atoms with Crippen LogP contribution < -0.4 is 16.8 Å². The van der Waals surface area contributed by atoms with Crippen molar-refractivity contribution in [3.05, 3.63) is 0 Å². The van der Waals surface area contributed by atoms with Crippen molar-refractivity contribution in [3.63, 3.8) is 0 Å². The first-order valence-corrected chi connectivity index (χ1v) is 2.98. The number of hydrogen-bond donors (Lipinski definition) is 3. The van der Waals surface area contributed by atoms with Crippen molar-refractivity contribution < 1.29 is 4.79 Å². The van der Waals surface area contributed by atoms with Crippen LogP contribution >= 0.6 is 0 Å². The van der Waals surface area contributed by atoms with Crippen molar-refractivity contribution >= 4 is 5.91 Å². The van der Waals surface area contributed by atoms with E-state index in [4.69, 9.17) is 11.5 Å². The summed E-state index contributed by atoms with van der Waals surface area (Å²) in [5, 5.41) is 2.91. The Balaban J connectivity index is 2.39. The minimum atomic E-state index is -0.303. The van der Waals surface area contributed by atoms with Gasteiger partial charge in [0.25, 0.3) is 0 Å². The lowest BCUT2D eigenvalue weighted by atomic mass is 10.2. The monoisotopic (exact) mass is 129 g/mol. The Morgan fingerprint density at radius 2 is 2.33 bits per heavy atom. The van der Waals surface area contributed by atoms with Crippen molar-refractivity contribution in [2.24, 2.45) is 11.5 Å². The van der Waals surface area contributed by atoms with Gasteiger partial charge in [0.05, 0.1) is 6.04 Å². The van der Waals surface area contributed by atoms with Gasteiger partial charge in [0.2, 0.25) is 5.91 Å². The molecule has 4 nitrogen and oxygen atoms in total. The standard InChI is InChI=1S/C5H11N3O/c6-3-1-4(5(7)9)8-2-3/h3-4,8H,1-2,6H2,(H2,7,9)/t3?,4-/m0/s1. The molecule has 0 saturated carbocycles. The highest BCUT2D eigenvalue weighted by Crippen LogP contribution is 2.02. The lowest BCUT2D eigenvalue weighted by Crippen LogP contribution is -2.36. The summed E-state index contributed by atoms with van der Waals surface area (Å²) >= 11 is 0. The summed E-state index contributed by atoms with van der Waals surface area (Å²) < 4.78 is 0.